The Hall–Kier alpha value is -0.0400. The maximum absolute atomic E-state index is 5.55. The van der Waals surface area contributed by atoms with Gasteiger partial charge in [-0.25, -0.2) is 0 Å². The summed E-state index contributed by atoms with van der Waals surface area (Å²) in [6, 6.07) is 0. The highest BCUT2D eigenvalue weighted by Gasteiger charge is 2.07. The molecule has 0 amide bonds. The van der Waals surface area contributed by atoms with Crippen LogP contribution < -0.4 is 5.73 Å². The zero-order valence-electron chi connectivity index (χ0n) is 11.6. The Balaban J connectivity index is 3.54. The summed E-state index contributed by atoms with van der Waals surface area (Å²) >= 11 is 0. The minimum absolute atomic E-state index is 0.871. The number of nitrogens with two attached hydrogens (primary N) is 1. The van der Waals surface area contributed by atoms with Crippen molar-refractivity contribution in [3.63, 3.8) is 0 Å². The Labute approximate surface area is 103 Å². The van der Waals surface area contributed by atoms with Gasteiger partial charge in [-0.05, 0) is 18.9 Å². The lowest BCUT2D eigenvalue weighted by atomic mass is 9.90. The lowest BCUT2D eigenvalue weighted by Gasteiger charge is -2.16. The van der Waals surface area contributed by atoms with Gasteiger partial charge in [0.2, 0.25) is 0 Å². The summed E-state index contributed by atoms with van der Waals surface area (Å²) in [7, 11) is 0. The third-order valence-electron chi connectivity index (χ3n) is 3.50. The number of unbranched alkanes of at least 4 members (excludes halogenated alkanes) is 5. The Morgan fingerprint density at radius 3 is 1.81 bits per heavy atom. The minimum atomic E-state index is 0.871. The molecule has 0 aliphatic carbocycles. The molecule has 0 rings (SSSR count). The van der Waals surface area contributed by atoms with Crippen LogP contribution >= 0.6 is 0 Å². The molecule has 0 aliphatic rings. The Morgan fingerprint density at radius 2 is 1.25 bits per heavy atom. The van der Waals surface area contributed by atoms with Crippen LogP contribution in [-0.4, -0.2) is 6.54 Å². The van der Waals surface area contributed by atoms with Crippen LogP contribution in [0.2, 0.25) is 0 Å². The smallest absolute Gasteiger partial charge is 0.00773 e. The van der Waals surface area contributed by atoms with Gasteiger partial charge in [0.1, 0.15) is 0 Å². The molecule has 0 aromatic rings. The molecule has 0 saturated heterocycles. The van der Waals surface area contributed by atoms with Crippen LogP contribution in [0.15, 0.2) is 0 Å². The topological polar surface area (TPSA) is 26.0 Å². The van der Waals surface area contributed by atoms with Gasteiger partial charge < -0.3 is 5.73 Å². The molecule has 0 heterocycles. The van der Waals surface area contributed by atoms with Gasteiger partial charge in [0.25, 0.3) is 0 Å². The average molecular weight is 227 g/mol. The average Bonchev–Trinajstić information content (AvgIpc) is 2.31. The fraction of sp³-hybridized carbons (Fsp3) is 1.00. The predicted octanol–water partition coefficient (Wildman–Crippen LogP) is 4.89. The van der Waals surface area contributed by atoms with E-state index in [-0.39, 0.29) is 0 Å². The van der Waals surface area contributed by atoms with E-state index in [2.05, 4.69) is 13.8 Å². The molecule has 0 aromatic heterocycles. The summed E-state index contributed by atoms with van der Waals surface area (Å²) in [6.45, 7) is 5.46. The van der Waals surface area contributed by atoms with E-state index in [0.29, 0.717) is 0 Å². The van der Waals surface area contributed by atoms with E-state index < -0.39 is 0 Å². The van der Waals surface area contributed by atoms with Gasteiger partial charge in [0, 0.05) is 0 Å². The van der Waals surface area contributed by atoms with Crippen molar-refractivity contribution in [2.75, 3.05) is 6.54 Å². The third kappa shape index (κ3) is 10.5. The molecule has 1 unspecified atom stereocenters. The van der Waals surface area contributed by atoms with Crippen molar-refractivity contribution < 1.29 is 0 Å². The van der Waals surface area contributed by atoms with E-state index >= 15 is 0 Å². The van der Waals surface area contributed by atoms with Gasteiger partial charge in [0.15, 0.2) is 0 Å². The first-order valence-corrected chi connectivity index (χ1v) is 7.55. The lowest BCUT2D eigenvalue weighted by Crippen LogP contribution is -2.04. The second-order valence-corrected chi connectivity index (χ2v) is 5.14. The molecule has 1 atom stereocenters. The summed E-state index contributed by atoms with van der Waals surface area (Å²) < 4.78 is 0. The fourth-order valence-corrected chi connectivity index (χ4v) is 2.36. The van der Waals surface area contributed by atoms with Crippen molar-refractivity contribution >= 4 is 0 Å². The monoisotopic (exact) mass is 227 g/mol. The highest BCUT2D eigenvalue weighted by molar-refractivity contribution is 4.61. The molecule has 16 heavy (non-hydrogen) atoms. The van der Waals surface area contributed by atoms with Gasteiger partial charge >= 0.3 is 0 Å². The molecule has 0 saturated carbocycles. The summed E-state index contributed by atoms with van der Waals surface area (Å²) in [5.74, 6) is 0.989. The van der Waals surface area contributed by atoms with Crippen molar-refractivity contribution in [2.24, 2.45) is 11.7 Å². The maximum Gasteiger partial charge on any atom is -0.00773 e. The molecule has 2 N–H and O–H groups in total. The molecule has 0 aliphatic heterocycles. The molecule has 1 nitrogen and oxygen atoms in total. The molecule has 0 spiro atoms. The van der Waals surface area contributed by atoms with E-state index in [1.165, 1.54) is 70.6 Å². The van der Waals surface area contributed by atoms with Crippen LogP contribution in [0.25, 0.3) is 0 Å². The molecule has 0 aromatic carbocycles. The zero-order valence-corrected chi connectivity index (χ0v) is 11.6. The Morgan fingerprint density at radius 1 is 0.688 bits per heavy atom. The van der Waals surface area contributed by atoms with Gasteiger partial charge in [0.05, 0.1) is 0 Å². The van der Waals surface area contributed by atoms with Gasteiger partial charge in [-0.3, -0.25) is 0 Å². The van der Waals surface area contributed by atoms with Crippen LogP contribution in [0.1, 0.15) is 84.5 Å². The van der Waals surface area contributed by atoms with Gasteiger partial charge in [-0.2, -0.15) is 0 Å². The quantitative estimate of drug-likeness (QED) is 0.472. The van der Waals surface area contributed by atoms with Crippen molar-refractivity contribution in [2.45, 2.75) is 84.5 Å². The first-order valence-electron chi connectivity index (χ1n) is 7.55. The molecule has 0 radical (unpaired) electrons. The first kappa shape index (κ1) is 16.0. The Kier molecular flexibility index (Phi) is 13.0. The second-order valence-electron chi connectivity index (χ2n) is 5.14. The van der Waals surface area contributed by atoms with Crippen LogP contribution in [0.5, 0.6) is 0 Å². The molecule has 1 heteroatoms. The number of hydrogen-bond donors (Lipinski definition) is 1. The highest BCUT2D eigenvalue weighted by Crippen LogP contribution is 2.22. The molecule has 0 fully saturated rings. The maximum atomic E-state index is 5.55. The van der Waals surface area contributed by atoms with Crippen molar-refractivity contribution in [3.8, 4) is 0 Å². The molecular weight excluding hydrogens is 194 g/mol. The summed E-state index contributed by atoms with van der Waals surface area (Å²) in [5.41, 5.74) is 5.55. The molecule has 98 valence electrons. The number of hydrogen-bond acceptors (Lipinski definition) is 1. The van der Waals surface area contributed by atoms with Crippen molar-refractivity contribution in [1.29, 1.82) is 0 Å². The SMILES string of the molecule is CCCCCCC(CCCC)CCCCN. The normalized spacial score (nSPS) is 12.9. The predicted molar refractivity (Wildman–Crippen MR) is 74.7 cm³/mol. The third-order valence-corrected chi connectivity index (χ3v) is 3.50. The van der Waals surface area contributed by atoms with E-state index in [0.717, 1.165) is 12.5 Å². The lowest BCUT2D eigenvalue weighted by molar-refractivity contribution is 0.376. The van der Waals surface area contributed by atoms with E-state index in [1.54, 1.807) is 0 Å². The fourth-order valence-electron chi connectivity index (χ4n) is 2.36. The van der Waals surface area contributed by atoms with E-state index in [1.807, 2.05) is 0 Å². The van der Waals surface area contributed by atoms with Gasteiger partial charge in [-0.15, -0.1) is 0 Å². The van der Waals surface area contributed by atoms with Crippen molar-refractivity contribution in [3.05, 3.63) is 0 Å². The van der Waals surface area contributed by atoms with E-state index in [9.17, 15) is 0 Å². The van der Waals surface area contributed by atoms with Crippen molar-refractivity contribution in [1.82, 2.24) is 0 Å². The summed E-state index contributed by atoms with van der Waals surface area (Å²) in [6.07, 6.45) is 15.3. The zero-order chi connectivity index (χ0) is 12.1. The Bertz CT molecular complexity index is 123. The second kappa shape index (κ2) is 13.0. The number of rotatable bonds is 12. The summed E-state index contributed by atoms with van der Waals surface area (Å²) in [4.78, 5) is 0. The standard InChI is InChI=1S/C15H33N/c1-3-5-7-8-12-15(11-6-4-2)13-9-10-14-16/h15H,3-14,16H2,1-2H3. The molecular formula is C15H33N. The van der Waals surface area contributed by atoms with E-state index in [4.69, 9.17) is 5.73 Å². The van der Waals surface area contributed by atoms with Crippen LogP contribution in [0.4, 0.5) is 0 Å². The van der Waals surface area contributed by atoms with Crippen LogP contribution in [0, 0.1) is 5.92 Å². The largest absolute Gasteiger partial charge is 0.330 e. The molecule has 0 bridgehead atoms. The van der Waals surface area contributed by atoms with Crippen LogP contribution in [-0.2, 0) is 0 Å². The van der Waals surface area contributed by atoms with Crippen LogP contribution in [0.3, 0.4) is 0 Å². The minimum Gasteiger partial charge on any atom is -0.330 e. The van der Waals surface area contributed by atoms with Gasteiger partial charge in [-0.1, -0.05) is 78.1 Å². The highest BCUT2D eigenvalue weighted by atomic mass is 14.5. The first-order chi connectivity index (χ1) is 7.85. The summed E-state index contributed by atoms with van der Waals surface area (Å²) in [5, 5.41) is 0.